The summed E-state index contributed by atoms with van der Waals surface area (Å²) < 4.78 is 37.7. The summed E-state index contributed by atoms with van der Waals surface area (Å²) in [6.45, 7) is 1.91. The highest BCUT2D eigenvalue weighted by atomic mass is 19.4. The van der Waals surface area contributed by atoms with E-state index in [4.69, 9.17) is 0 Å². The lowest BCUT2D eigenvalue weighted by molar-refractivity contribution is -0.385. The van der Waals surface area contributed by atoms with Crippen molar-refractivity contribution in [3.05, 3.63) is 39.4 Å². The fourth-order valence-electron chi connectivity index (χ4n) is 1.99. The third kappa shape index (κ3) is 5.01. The minimum atomic E-state index is -4.49. The second kappa shape index (κ2) is 7.24. The molecule has 0 aliphatic rings. The van der Waals surface area contributed by atoms with Gasteiger partial charge in [0.1, 0.15) is 6.54 Å². The summed E-state index contributed by atoms with van der Waals surface area (Å²) in [5.41, 5.74) is 0.0780. The highest BCUT2D eigenvalue weighted by Crippen LogP contribution is 2.22. The molecule has 0 atom stereocenters. The van der Waals surface area contributed by atoms with Crippen LogP contribution in [0.25, 0.3) is 0 Å². The van der Waals surface area contributed by atoms with Crippen molar-refractivity contribution in [2.24, 2.45) is 0 Å². The predicted octanol–water partition coefficient (Wildman–Crippen LogP) is 3.71. The van der Waals surface area contributed by atoms with Crippen molar-refractivity contribution in [2.75, 3.05) is 13.1 Å². The Morgan fingerprint density at radius 2 is 2.00 bits per heavy atom. The van der Waals surface area contributed by atoms with E-state index in [0.29, 0.717) is 12.8 Å². The number of aryl methyl sites for hydroxylation is 1. The molecule has 8 heteroatoms. The van der Waals surface area contributed by atoms with E-state index in [9.17, 15) is 28.1 Å². The smallest absolute Gasteiger partial charge is 0.330 e. The summed E-state index contributed by atoms with van der Waals surface area (Å²) in [5, 5.41) is 10.7. The Morgan fingerprint density at radius 1 is 1.36 bits per heavy atom. The fourth-order valence-corrected chi connectivity index (χ4v) is 1.99. The van der Waals surface area contributed by atoms with Gasteiger partial charge in [-0.15, -0.1) is 0 Å². The molecule has 5 nitrogen and oxygen atoms in total. The summed E-state index contributed by atoms with van der Waals surface area (Å²) in [5.74, 6) is -0.774. The summed E-state index contributed by atoms with van der Waals surface area (Å²) in [7, 11) is 0. The van der Waals surface area contributed by atoms with E-state index in [1.807, 2.05) is 6.92 Å². The number of hydrogen-bond acceptors (Lipinski definition) is 3. The van der Waals surface area contributed by atoms with Crippen molar-refractivity contribution in [1.29, 1.82) is 0 Å². The Balaban J connectivity index is 3.02. The standard InChI is InChI=1S/C14H17F3N2O3/c1-3-4-7-18(9-14(15,16)17)13(20)11-5-6-12(19(21)22)10(2)8-11/h5-6,8H,3-4,7,9H2,1-2H3. The molecule has 1 rings (SSSR count). The Labute approximate surface area is 125 Å². The van der Waals surface area contributed by atoms with E-state index in [2.05, 4.69) is 0 Å². The van der Waals surface area contributed by atoms with E-state index < -0.39 is 23.6 Å². The van der Waals surface area contributed by atoms with Crippen LogP contribution in [0, 0.1) is 17.0 Å². The molecule has 0 radical (unpaired) electrons. The van der Waals surface area contributed by atoms with Gasteiger partial charge in [0, 0.05) is 23.7 Å². The molecule has 1 aromatic carbocycles. The first kappa shape index (κ1) is 17.9. The van der Waals surface area contributed by atoms with Crippen LogP contribution in [0.15, 0.2) is 18.2 Å². The van der Waals surface area contributed by atoms with Gasteiger partial charge in [0.2, 0.25) is 0 Å². The molecule has 0 N–H and O–H groups in total. The molecule has 0 unspecified atom stereocenters. The highest BCUT2D eigenvalue weighted by molar-refractivity contribution is 5.94. The van der Waals surface area contributed by atoms with Gasteiger partial charge in [0.25, 0.3) is 11.6 Å². The Bertz CT molecular complexity index is 559. The number of nitrogens with zero attached hydrogens (tertiary/aromatic N) is 2. The minimum Gasteiger partial charge on any atom is -0.330 e. The number of benzene rings is 1. The van der Waals surface area contributed by atoms with E-state index in [-0.39, 0.29) is 23.4 Å². The van der Waals surface area contributed by atoms with Crippen molar-refractivity contribution in [3.63, 3.8) is 0 Å². The second-order valence-corrected chi connectivity index (χ2v) is 4.95. The molecular formula is C14H17F3N2O3. The predicted molar refractivity (Wildman–Crippen MR) is 74.7 cm³/mol. The van der Waals surface area contributed by atoms with Crippen molar-refractivity contribution in [1.82, 2.24) is 4.90 Å². The third-order valence-electron chi connectivity index (χ3n) is 3.08. The van der Waals surface area contributed by atoms with Crippen LogP contribution in [-0.4, -0.2) is 35.0 Å². The molecule has 122 valence electrons. The van der Waals surface area contributed by atoms with Crippen LogP contribution in [0.3, 0.4) is 0 Å². The quantitative estimate of drug-likeness (QED) is 0.593. The average Bonchev–Trinajstić information content (AvgIpc) is 2.40. The monoisotopic (exact) mass is 318 g/mol. The maximum absolute atomic E-state index is 12.6. The van der Waals surface area contributed by atoms with Gasteiger partial charge in [-0.05, 0) is 25.5 Å². The summed E-state index contributed by atoms with van der Waals surface area (Å²) in [6, 6.07) is 3.56. The normalized spacial score (nSPS) is 11.3. The molecule has 0 saturated carbocycles. The van der Waals surface area contributed by atoms with E-state index >= 15 is 0 Å². The molecule has 0 aliphatic heterocycles. The molecule has 0 heterocycles. The first-order valence-electron chi connectivity index (χ1n) is 6.76. The van der Waals surface area contributed by atoms with E-state index in [0.717, 1.165) is 11.0 Å². The first-order chi connectivity index (χ1) is 10.2. The van der Waals surface area contributed by atoms with Crippen LogP contribution in [0.1, 0.15) is 35.7 Å². The lowest BCUT2D eigenvalue weighted by Crippen LogP contribution is -2.39. The molecule has 0 spiro atoms. The molecule has 0 aromatic heterocycles. The molecule has 0 aliphatic carbocycles. The Hall–Kier alpha value is -2.12. The molecule has 0 bridgehead atoms. The SMILES string of the molecule is CCCCN(CC(F)(F)F)C(=O)c1ccc([N+](=O)[O-])c(C)c1. The largest absolute Gasteiger partial charge is 0.406 e. The van der Waals surface area contributed by atoms with Crippen LogP contribution in [-0.2, 0) is 0 Å². The molecule has 0 saturated heterocycles. The number of nitro groups is 1. The summed E-state index contributed by atoms with van der Waals surface area (Å²) in [4.78, 5) is 23.1. The van der Waals surface area contributed by atoms with Gasteiger partial charge in [0.05, 0.1) is 4.92 Å². The number of nitro benzene ring substituents is 1. The number of rotatable bonds is 6. The summed E-state index contributed by atoms with van der Waals surface area (Å²) in [6.07, 6.45) is -3.38. The van der Waals surface area contributed by atoms with Crippen LogP contribution in [0.2, 0.25) is 0 Å². The van der Waals surface area contributed by atoms with Gasteiger partial charge in [-0.25, -0.2) is 0 Å². The zero-order valence-corrected chi connectivity index (χ0v) is 12.3. The van der Waals surface area contributed by atoms with Gasteiger partial charge in [-0.3, -0.25) is 14.9 Å². The maximum Gasteiger partial charge on any atom is 0.406 e. The molecule has 22 heavy (non-hydrogen) atoms. The van der Waals surface area contributed by atoms with Crippen LogP contribution < -0.4 is 0 Å². The zero-order chi connectivity index (χ0) is 16.9. The van der Waals surface area contributed by atoms with Gasteiger partial charge in [-0.1, -0.05) is 13.3 Å². The number of unbranched alkanes of at least 4 members (excludes halogenated alkanes) is 1. The average molecular weight is 318 g/mol. The molecule has 1 aromatic rings. The fraction of sp³-hybridized carbons (Fsp3) is 0.500. The number of hydrogen-bond donors (Lipinski definition) is 0. The Morgan fingerprint density at radius 3 is 2.45 bits per heavy atom. The van der Waals surface area contributed by atoms with Crippen LogP contribution in [0.4, 0.5) is 18.9 Å². The number of halogens is 3. The van der Waals surface area contributed by atoms with Gasteiger partial charge >= 0.3 is 6.18 Å². The van der Waals surface area contributed by atoms with Crippen molar-refractivity contribution < 1.29 is 22.9 Å². The van der Waals surface area contributed by atoms with Gasteiger partial charge in [0.15, 0.2) is 0 Å². The Kier molecular flexibility index (Phi) is 5.90. The van der Waals surface area contributed by atoms with Crippen LogP contribution in [0.5, 0.6) is 0 Å². The number of amides is 1. The van der Waals surface area contributed by atoms with Crippen LogP contribution >= 0.6 is 0 Å². The molecule has 0 fully saturated rings. The lowest BCUT2D eigenvalue weighted by Gasteiger charge is -2.24. The van der Waals surface area contributed by atoms with Crippen molar-refractivity contribution in [3.8, 4) is 0 Å². The van der Waals surface area contributed by atoms with E-state index in [1.165, 1.54) is 19.1 Å². The first-order valence-corrected chi connectivity index (χ1v) is 6.76. The zero-order valence-electron chi connectivity index (χ0n) is 12.3. The van der Waals surface area contributed by atoms with E-state index in [1.54, 1.807) is 0 Å². The number of carbonyl (C=O) groups is 1. The second-order valence-electron chi connectivity index (χ2n) is 4.95. The maximum atomic E-state index is 12.6. The van der Waals surface area contributed by atoms with Crippen molar-refractivity contribution in [2.45, 2.75) is 32.9 Å². The van der Waals surface area contributed by atoms with Gasteiger partial charge in [-0.2, -0.15) is 13.2 Å². The molecule has 1 amide bonds. The van der Waals surface area contributed by atoms with Gasteiger partial charge < -0.3 is 4.90 Å². The van der Waals surface area contributed by atoms with Crippen molar-refractivity contribution >= 4 is 11.6 Å². The molecular weight excluding hydrogens is 301 g/mol. The topological polar surface area (TPSA) is 63.5 Å². The number of alkyl halides is 3. The lowest BCUT2D eigenvalue weighted by atomic mass is 10.1. The highest BCUT2D eigenvalue weighted by Gasteiger charge is 2.33. The summed E-state index contributed by atoms with van der Waals surface area (Å²) >= 11 is 0. The third-order valence-corrected chi connectivity index (χ3v) is 3.08. The number of carbonyl (C=O) groups excluding carboxylic acids is 1. The minimum absolute atomic E-state index is 0.00905.